The fraction of sp³-hybridized carbons (Fsp3) is 0.267. The molecule has 0 saturated carbocycles. The maximum Gasteiger partial charge on any atom is 0.412 e. The number of benzene rings is 3. The molecule has 4 rings (SSSR count). The number of amides is 1. The molecule has 0 unspecified atom stereocenters. The Hall–Kier alpha value is -3.86. The van der Waals surface area contributed by atoms with Crippen LogP contribution in [0.2, 0.25) is 0 Å². The van der Waals surface area contributed by atoms with E-state index < -0.39 is 6.09 Å². The fourth-order valence-electron chi connectivity index (χ4n) is 4.27. The summed E-state index contributed by atoms with van der Waals surface area (Å²) in [6.07, 6.45) is 5.00. The molecule has 1 heterocycles. The lowest BCUT2D eigenvalue weighted by Crippen LogP contribution is -2.27. The molecule has 0 bridgehead atoms. The molecule has 0 spiro atoms. The molecule has 0 saturated heterocycles. The summed E-state index contributed by atoms with van der Waals surface area (Å²) in [7, 11) is 0. The van der Waals surface area contributed by atoms with Gasteiger partial charge in [0.25, 0.3) is 0 Å². The molecule has 35 heavy (non-hydrogen) atoms. The molecule has 1 aromatic heterocycles. The average molecular weight is 468 g/mol. The molecular formula is C30H33N3O2. The SMILES string of the molecule is Cc1nc(-c2ccccc2)c(-c2ccccc2)n1CCCCCCCNC(=O)Oc1ccccc1. The van der Waals surface area contributed by atoms with Gasteiger partial charge in [0, 0.05) is 24.2 Å². The van der Waals surface area contributed by atoms with Gasteiger partial charge in [0.2, 0.25) is 0 Å². The average Bonchev–Trinajstić information content (AvgIpc) is 3.23. The van der Waals surface area contributed by atoms with Crippen LogP contribution in [0.5, 0.6) is 5.75 Å². The van der Waals surface area contributed by atoms with Crippen LogP contribution in [0.15, 0.2) is 91.0 Å². The Bertz CT molecular complexity index is 1190. The van der Waals surface area contributed by atoms with E-state index in [-0.39, 0.29) is 0 Å². The molecule has 1 N–H and O–H groups in total. The first-order valence-electron chi connectivity index (χ1n) is 12.4. The van der Waals surface area contributed by atoms with Gasteiger partial charge in [-0.25, -0.2) is 9.78 Å². The van der Waals surface area contributed by atoms with Gasteiger partial charge in [-0.05, 0) is 31.9 Å². The summed E-state index contributed by atoms with van der Waals surface area (Å²) in [6.45, 7) is 3.67. The van der Waals surface area contributed by atoms with Gasteiger partial charge >= 0.3 is 6.09 Å². The number of rotatable bonds is 11. The molecular weight excluding hydrogens is 434 g/mol. The maximum atomic E-state index is 11.8. The van der Waals surface area contributed by atoms with E-state index in [1.165, 1.54) is 11.3 Å². The van der Waals surface area contributed by atoms with Crippen LogP contribution in [0.1, 0.15) is 37.9 Å². The molecule has 5 nitrogen and oxygen atoms in total. The van der Waals surface area contributed by atoms with Crippen molar-refractivity contribution in [1.29, 1.82) is 0 Å². The Morgan fingerprint density at radius 3 is 2.03 bits per heavy atom. The third-order valence-electron chi connectivity index (χ3n) is 6.03. The van der Waals surface area contributed by atoms with Crippen molar-refractivity contribution in [3.8, 4) is 28.3 Å². The van der Waals surface area contributed by atoms with Crippen LogP contribution < -0.4 is 10.1 Å². The minimum absolute atomic E-state index is 0.394. The normalized spacial score (nSPS) is 10.8. The van der Waals surface area contributed by atoms with Crippen molar-refractivity contribution in [2.75, 3.05) is 6.54 Å². The molecule has 3 aromatic carbocycles. The standard InChI is InChI=1S/C30H33N3O2/c1-24-32-28(25-16-8-5-9-17-25)29(26-18-10-6-11-19-26)33(24)23-15-4-2-3-14-22-31-30(34)35-27-20-12-7-13-21-27/h5-13,16-21H,2-4,14-15,22-23H2,1H3,(H,31,34). The van der Waals surface area contributed by atoms with E-state index in [9.17, 15) is 4.79 Å². The number of aromatic nitrogens is 2. The van der Waals surface area contributed by atoms with Crippen LogP contribution in [0.4, 0.5) is 4.79 Å². The van der Waals surface area contributed by atoms with Crippen LogP contribution in [0.3, 0.4) is 0 Å². The van der Waals surface area contributed by atoms with Gasteiger partial charge in [0.1, 0.15) is 11.6 Å². The zero-order chi connectivity index (χ0) is 24.3. The summed E-state index contributed by atoms with van der Waals surface area (Å²) in [4.78, 5) is 16.8. The number of hydrogen-bond donors (Lipinski definition) is 1. The number of carbonyl (C=O) groups excluding carboxylic acids is 1. The quantitative estimate of drug-likeness (QED) is 0.236. The zero-order valence-corrected chi connectivity index (χ0v) is 20.3. The first-order chi connectivity index (χ1) is 17.2. The first-order valence-corrected chi connectivity index (χ1v) is 12.4. The molecule has 4 aromatic rings. The largest absolute Gasteiger partial charge is 0.412 e. The summed E-state index contributed by atoms with van der Waals surface area (Å²) in [5, 5.41) is 2.83. The lowest BCUT2D eigenvalue weighted by Gasteiger charge is -2.12. The zero-order valence-electron chi connectivity index (χ0n) is 20.3. The number of hydrogen-bond acceptors (Lipinski definition) is 3. The van der Waals surface area contributed by atoms with Crippen LogP contribution in [0.25, 0.3) is 22.5 Å². The van der Waals surface area contributed by atoms with Crippen molar-refractivity contribution in [2.45, 2.75) is 45.6 Å². The third kappa shape index (κ3) is 6.82. The smallest absolute Gasteiger partial charge is 0.410 e. The monoisotopic (exact) mass is 467 g/mol. The fourth-order valence-corrected chi connectivity index (χ4v) is 4.27. The Kier molecular flexibility index (Phi) is 8.71. The van der Waals surface area contributed by atoms with Gasteiger partial charge in [-0.1, -0.05) is 98.1 Å². The Balaban J connectivity index is 1.25. The number of nitrogens with zero attached hydrogens (tertiary/aromatic N) is 2. The van der Waals surface area contributed by atoms with Crippen LogP contribution in [-0.2, 0) is 6.54 Å². The van der Waals surface area contributed by atoms with Crippen molar-refractivity contribution in [3.63, 3.8) is 0 Å². The van der Waals surface area contributed by atoms with Gasteiger partial charge in [-0.15, -0.1) is 0 Å². The molecule has 0 aliphatic rings. The van der Waals surface area contributed by atoms with E-state index >= 15 is 0 Å². The number of imidazole rings is 1. The van der Waals surface area contributed by atoms with Crippen molar-refractivity contribution in [3.05, 3.63) is 96.8 Å². The minimum Gasteiger partial charge on any atom is -0.410 e. The molecule has 0 radical (unpaired) electrons. The van der Waals surface area contributed by atoms with Gasteiger partial charge in [0.15, 0.2) is 0 Å². The summed E-state index contributed by atoms with van der Waals surface area (Å²) in [5.41, 5.74) is 4.57. The Morgan fingerprint density at radius 2 is 1.34 bits per heavy atom. The number of unbranched alkanes of at least 4 members (excludes halogenated alkanes) is 4. The predicted molar refractivity (Wildman–Crippen MR) is 141 cm³/mol. The number of nitrogens with one attached hydrogen (secondary N) is 1. The summed E-state index contributed by atoms with van der Waals surface area (Å²) in [6, 6.07) is 30.1. The van der Waals surface area contributed by atoms with Gasteiger partial charge in [-0.3, -0.25) is 0 Å². The van der Waals surface area contributed by atoms with E-state index in [0.29, 0.717) is 12.3 Å². The molecule has 5 heteroatoms. The van der Waals surface area contributed by atoms with Crippen molar-refractivity contribution in [1.82, 2.24) is 14.9 Å². The highest BCUT2D eigenvalue weighted by Gasteiger charge is 2.17. The highest BCUT2D eigenvalue weighted by molar-refractivity contribution is 5.79. The topological polar surface area (TPSA) is 56.2 Å². The van der Waals surface area contributed by atoms with E-state index in [1.54, 1.807) is 12.1 Å². The number of carbonyl (C=O) groups is 1. The lowest BCUT2D eigenvalue weighted by atomic mass is 10.0. The molecule has 0 atom stereocenters. The minimum atomic E-state index is -0.394. The molecule has 0 fully saturated rings. The molecule has 0 aliphatic heterocycles. The first kappa shape index (κ1) is 24.3. The van der Waals surface area contributed by atoms with Crippen LogP contribution in [-0.4, -0.2) is 22.2 Å². The summed E-state index contributed by atoms with van der Waals surface area (Å²) < 4.78 is 7.60. The Morgan fingerprint density at radius 1 is 0.771 bits per heavy atom. The summed E-state index contributed by atoms with van der Waals surface area (Å²) >= 11 is 0. The summed E-state index contributed by atoms with van der Waals surface area (Å²) in [5.74, 6) is 1.61. The number of aryl methyl sites for hydroxylation is 1. The predicted octanol–water partition coefficient (Wildman–Crippen LogP) is 7.26. The second-order valence-corrected chi connectivity index (χ2v) is 8.64. The molecule has 180 valence electrons. The van der Waals surface area contributed by atoms with E-state index in [4.69, 9.17) is 9.72 Å². The Labute approximate surface area is 207 Å². The van der Waals surface area contributed by atoms with Gasteiger partial charge < -0.3 is 14.6 Å². The highest BCUT2D eigenvalue weighted by atomic mass is 16.6. The van der Waals surface area contributed by atoms with E-state index in [1.807, 2.05) is 24.3 Å². The van der Waals surface area contributed by atoms with Crippen molar-refractivity contribution < 1.29 is 9.53 Å². The van der Waals surface area contributed by atoms with E-state index in [0.717, 1.165) is 55.7 Å². The molecule has 0 aliphatic carbocycles. The second kappa shape index (κ2) is 12.6. The highest BCUT2D eigenvalue weighted by Crippen LogP contribution is 2.33. The molecule has 1 amide bonds. The maximum absolute atomic E-state index is 11.8. The van der Waals surface area contributed by atoms with Crippen molar-refractivity contribution >= 4 is 6.09 Å². The van der Waals surface area contributed by atoms with Crippen molar-refractivity contribution in [2.24, 2.45) is 0 Å². The van der Waals surface area contributed by atoms with E-state index in [2.05, 4.69) is 71.4 Å². The van der Waals surface area contributed by atoms with Gasteiger partial charge in [0.05, 0.1) is 11.4 Å². The van der Waals surface area contributed by atoms with Crippen LogP contribution in [0, 0.1) is 6.92 Å². The van der Waals surface area contributed by atoms with Crippen LogP contribution >= 0.6 is 0 Å². The van der Waals surface area contributed by atoms with Gasteiger partial charge in [-0.2, -0.15) is 0 Å². The second-order valence-electron chi connectivity index (χ2n) is 8.64. The number of para-hydroxylation sites is 1. The lowest BCUT2D eigenvalue weighted by molar-refractivity contribution is 0.200. The third-order valence-corrected chi connectivity index (χ3v) is 6.03. The number of ether oxygens (including phenoxy) is 1.